The number of hydrogen-bond donors (Lipinski definition) is 3. The first-order valence-corrected chi connectivity index (χ1v) is 10.4. The number of benzene rings is 1. The molecule has 3 aromatic heterocycles. The molecule has 0 saturated carbocycles. The Hall–Kier alpha value is -3.39. The van der Waals surface area contributed by atoms with Gasteiger partial charge < -0.3 is 20.8 Å². The molecule has 8 nitrogen and oxygen atoms in total. The van der Waals surface area contributed by atoms with Crippen molar-refractivity contribution in [3.63, 3.8) is 0 Å². The molecule has 0 spiro atoms. The summed E-state index contributed by atoms with van der Waals surface area (Å²) in [6.07, 6.45) is 7.92. The quantitative estimate of drug-likeness (QED) is 0.466. The monoisotopic (exact) mass is 403 g/mol. The number of nitrogens with zero attached hydrogens (tertiary/aromatic N) is 4. The molecule has 0 amide bonds. The summed E-state index contributed by atoms with van der Waals surface area (Å²) >= 11 is 0. The molecule has 4 aromatic rings. The first-order valence-electron chi connectivity index (χ1n) is 10.4. The summed E-state index contributed by atoms with van der Waals surface area (Å²) in [7, 11) is 0. The molecule has 0 unspecified atom stereocenters. The Morgan fingerprint density at radius 1 is 1.20 bits per heavy atom. The third-order valence-corrected chi connectivity index (χ3v) is 5.54. The van der Waals surface area contributed by atoms with E-state index in [0.29, 0.717) is 23.3 Å². The third-order valence-electron chi connectivity index (χ3n) is 5.54. The Morgan fingerprint density at radius 3 is 2.90 bits per heavy atom. The number of pyridine rings is 1. The van der Waals surface area contributed by atoms with Crippen molar-refractivity contribution in [3.8, 4) is 22.6 Å². The summed E-state index contributed by atoms with van der Waals surface area (Å²) < 4.78 is 8.04. The van der Waals surface area contributed by atoms with Crippen LogP contribution in [-0.4, -0.2) is 39.4 Å². The summed E-state index contributed by atoms with van der Waals surface area (Å²) in [5.41, 5.74) is 11.3. The lowest BCUT2D eigenvalue weighted by Gasteiger charge is -2.22. The Bertz CT molecular complexity index is 1170. The number of rotatable bonds is 5. The first kappa shape index (κ1) is 18.6. The Morgan fingerprint density at radius 2 is 2.07 bits per heavy atom. The van der Waals surface area contributed by atoms with Gasteiger partial charge in [0.25, 0.3) is 0 Å². The standard InChI is InChI=1S/C22H25N7O/c1-2-25-16-3-4-20-19(10-16)28-22(30-20)18-9-14(11-26-21(18)23)15-12-27-29(13-15)17-5-7-24-8-6-17/h3-4,9-13,17,24-25H,2,5-8H2,1H3,(H2,23,26). The predicted molar refractivity (Wildman–Crippen MR) is 118 cm³/mol. The smallest absolute Gasteiger partial charge is 0.231 e. The zero-order valence-electron chi connectivity index (χ0n) is 16.9. The molecule has 4 heterocycles. The normalized spacial score (nSPS) is 15.0. The highest BCUT2D eigenvalue weighted by Crippen LogP contribution is 2.32. The molecule has 30 heavy (non-hydrogen) atoms. The van der Waals surface area contributed by atoms with Gasteiger partial charge in [-0.15, -0.1) is 0 Å². The van der Waals surface area contributed by atoms with E-state index in [2.05, 4.69) is 43.5 Å². The second kappa shape index (κ2) is 7.79. The average Bonchev–Trinajstić information content (AvgIpc) is 3.42. The van der Waals surface area contributed by atoms with E-state index in [1.807, 2.05) is 30.5 Å². The van der Waals surface area contributed by atoms with E-state index in [4.69, 9.17) is 10.2 Å². The predicted octanol–water partition coefficient (Wildman–Crippen LogP) is 3.69. The zero-order chi connectivity index (χ0) is 20.5. The molecule has 0 aliphatic carbocycles. The van der Waals surface area contributed by atoms with E-state index < -0.39 is 0 Å². The number of nitrogens with one attached hydrogen (secondary N) is 2. The SMILES string of the molecule is CCNc1ccc2oc(-c3cc(-c4cnn(C5CCNCC5)c4)cnc3N)nc2c1. The van der Waals surface area contributed by atoms with Crippen LogP contribution in [0.3, 0.4) is 0 Å². The maximum absolute atomic E-state index is 6.17. The molecular formula is C22H25N7O. The van der Waals surface area contributed by atoms with Crippen LogP contribution in [0.5, 0.6) is 0 Å². The number of aromatic nitrogens is 4. The lowest BCUT2D eigenvalue weighted by Crippen LogP contribution is -2.29. The molecule has 154 valence electrons. The molecule has 0 radical (unpaired) electrons. The molecule has 5 rings (SSSR count). The van der Waals surface area contributed by atoms with Gasteiger partial charge >= 0.3 is 0 Å². The van der Waals surface area contributed by atoms with Crippen molar-refractivity contribution < 1.29 is 4.42 Å². The second-order valence-corrected chi connectivity index (χ2v) is 7.58. The van der Waals surface area contributed by atoms with Crippen LogP contribution in [0, 0.1) is 0 Å². The van der Waals surface area contributed by atoms with Gasteiger partial charge in [-0.1, -0.05) is 0 Å². The number of oxazole rings is 1. The molecule has 1 fully saturated rings. The van der Waals surface area contributed by atoms with Crippen molar-refractivity contribution in [3.05, 3.63) is 42.9 Å². The zero-order valence-corrected chi connectivity index (χ0v) is 16.9. The van der Waals surface area contributed by atoms with Crippen LogP contribution in [0.2, 0.25) is 0 Å². The summed E-state index contributed by atoms with van der Waals surface area (Å²) in [5, 5.41) is 11.3. The van der Waals surface area contributed by atoms with Crippen LogP contribution in [0.25, 0.3) is 33.7 Å². The van der Waals surface area contributed by atoms with Crippen molar-refractivity contribution >= 4 is 22.6 Å². The number of piperidine rings is 1. The van der Waals surface area contributed by atoms with Crippen LogP contribution >= 0.6 is 0 Å². The highest BCUT2D eigenvalue weighted by molar-refractivity contribution is 5.83. The van der Waals surface area contributed by atoms with E-state index in [9.17, 15) is 0 Å². The average molecular weight is 403 g/mol. The van der Waals surface area contributed by atoms with E-state index in [-0.39, 0.29) is 0 Å². The van der Waals surface area contributed by atoms with E-state index >= 15 is 0 Å². The number of hydrogen-bond acceptors (Lipinski definition) is 7. The number of anilines is 2. The lowest BCUT2D eigenvalue weighted by atomic mass is 10.1. The van der Waals surface area contributed by atoms with Gasteiger partial charge in [-0.05, 0) is 57.1 Å². The van der Waals surface area contributed by atoms with Gasteiger partial charge in [-0.2, -0.15) is 5.10 Å². The molecule has 1 aromatic carbocycles. The highest BCUT2D eigenvalue weighted by atomic mass is 16.3. The van der Waals surface area contributed by atoms with Crippen molar-refractivity contribution in [2.45, 2.75) is 25.8 Å². The minimum atomic E-state index is 0.392. The van der Waals surface area contributed by atoms with Gasteiger partial charge in [0.15, 0.2) is 5.58 Å². The van der Waals surface area contributed by atoms with Gasteiger partial charge in [0.2, 0.25) is 5.89 Å². The van der Waals surface area contributed by atoms with E-state index in [1.54, 1.807) is 6.20 Å². The van der Waals surface area contributed by atoms with Gasteiger partial charge in [-0.3, -0.25) is 4.68 Å². The molecule has 8 heteroatoms. The minimum absolute atomic E-state index is 0.392. The van der Waals surface area contributed by atoms with Crippen LogP contribution in [0.1, 0.15) is 25.8 Å². The molecule has 0 bridgehead atoms. The van der Waals surface area contributed by atoms with Gasteiger partial charge in [-0.25, -0.2) is 9.97 Å². The van der Waals surface area contributed by atoms with Crippen molar-refractivity contribution in [1.82, 2.24) is 25.1 Å². The second-order valence-electron chi connectivity index (χ2n) is 7.58. The van der Waals surface area contributed by atoms with Gasteiger partial charge in [0, 0.05) is 35.8 Å². The molecule has 4 N–H and O–H groups in total. The largest absolute Gasteiger partial charge is 0.436 e. The summed E-state index contributed by atoms with van der Waals surface area (Å²) in [5.74, 6) is 0.860. The fourth-order valence-electron chi connectivity index (χ4n) is 3.92. The molecule has 1 saturated heterocycles. The van der Waals surface area contributed by atoms with Gasteiger partial charge in [0.05, 0.1) is 17.8 Å². The van der Waals surface area contributed by atoms with Crippen molar-refractivity contribution in [1.29, 1.82) is 0 Å². The fourth-order valence-corrected chi connectivity index (χ4v) is 3.92. The van der Waals surface area contributed by atoms with Gasteiger partial charge in [0.1, 0.15) is 11.3 Å². The minimum Gasteiger partial charge on any atom is -0.436 e. The topological polar surface area (TPSA) is 107 Å². The van der Waals surface area contributed by atoms with Crippen LogP contribution in [-0.2, 0) is 0 Å². The molecule has 0 atom stereocenters. The Labute approximate surface area is 174 Å². The lowest BCUT2D eigenvalue weighted by molar-refractivity contribution is 0.343. The van der Waals surface area contributed by atoms with Crippen LogP contribution < -0.4 is 16.4 Å². The van der Waals surface area contributed by atoms with E-state index in [0.717, 1.165) is 60.4 Å². The van der Waals surface area contributed by atoms with Crippen molar-refractivity contribution in [2.24, 2.45) is 0 Å². The third kappa shape index (κ3) is 3.50. The summed E-state index contributed by atoms with van der Waals surface area (Å²) in [6, 6.07) is 8.28. The number of fused-ring (bicyclic) bond motifs is 1. The number of nitrogen functional groups attached to an aromatic ring is 1. The molecule has 1 aliphatic rings. The van der Waals surface area contributed by atoms with Crippen molar-refractivity contribution in [2.75, 3.05) is 30.7 Å². The number of nitrogens with two attached hydrogens (primary N) is 1. The summed E-state index contributed by atoms with van der Waals surface area (Å²) in [4.78, 5) is 9.03. The van der Waals surface area contributed by atoms with E-state index in [1.165, 1.54) is 0 Å². The fraction of sp³-hybridized carbons (Fsp3) is 0.318. The van der Waals surface area contributed by atoms with Crippen LogP contribution in [0.15, 0.2) is 47.3 Å². The Balaban J connectivity index is 1.48. The first-order chi connectivity index (χ1) is 14.7. The maximum Gasteiger partial charge on any atom is 0.231 e. The Kier molecular flexibility index (Phi) is 4.84. The molecular weight excluding hydrogens is 378 g/mol. The van der Waals surface area contributed by atoms with Crippen LogP contribution in [0.4, 0.5) is 11.5 Å². The highest BCUT2D eigenvalue weighted by Gasteiger charge is 2.18. The molecule has 1 aliphatic heterocycles. The summed E-state index contributed by atoms with van der Waals surface area (Å²) in [6.45, 7) is 4.96. The maximum atomic E-state index is 6.17.